The number of amides is 2. The highest BCUT2D eigenvalue weighted by Crippen LogP contribution is 2.46. The molecule has 10 heteroatoms. The van der Waals surface area contributed by atoms with Crippen LogP contribution in [0.5, 0.6) is 0 Å². The van der Waals surface area contributed by atoms with E-state index in [0.717, 1.165) is 45.2 Å². The molecule has 34 heavy (non-hydrogen) atoms. The molecule has 2 aliphatic carbocycles. The van der Waals surface area contributed by atoms with Gasteiger partial charge in [-0.25, -0.2) is 8.42 Å². The Morgan fingerprint density at radius 2 is 1.76 bits per heavy atom. The predicted molar refractivity (Wildman–Crippen MR) is 126 cm³/mol. The van der Waals surface area contributed by atoms with Gasteiger partial charge in [-0.2, -0.15) is 5.26 Å². The van der Waals surface area contributed by atoms with Crippen molar-refractivity contribution in [3.05, 3.63) is 29.3 Å². The summed E-state index contributed by atoms with van der Waals surface area (Å²) >= 11 is 6.20. The number of nitrogens with one attached hydrogen (secondary N) is 1. The average molecular weight is 505 g/mol. The Labute approximate surface area is 205 Å². The molecule has 5 rings (SSSR count). The third-order valence-electron chi connectivity index (χ3n) is 7.82. The zero-order chi connectivity index (χ0) is 24.1. The lowest BCUT2D eigenvalue weighted by atomic mass is 10.1. The van der Waals surface area contributed by atoms with E-state index in [4.69, 9.17) is 11.6 Å². The highest BCUT2D eigenvalue weighted by atomic mass is 35.5. The Morgan fingerprint density at radius 3 is 2.35 bits per heavy atom. The summed E-state index contributed by atoms with van der Waals surface area (Å²) in [6.45, 7) is 1.63. The summed E-state index contributed by atoms with van der Waals surface area (Å²) in [4.78, 5) is 30.9. The van der Waals surface area contributed by atoms with Crippen molar-refractivity contribution in [1.29, 1.82) is 5.26 Å². The second kappa shape index (κ2) is 8.51. The van der Waals surface area contributed by atoms with E-state index in [0.29, 0.717) is 12.8 Å². The number of hydrogen-bond acceptors (Lipinski definition) is 6. The van der Waals surface area contributed by atoms with Crippen molar-refractivity contribution >= 4 is 33.3 Å². The molecule has 1 aromatic carbocycles. The van der Waals surface area contributed by atoms with Crippen LogP contribution in [0, 0.1) is 11.3 Å². The van der Waals surface area contributed by atoms with E-state index in [1.807, 2.05) is 0 Å². The zero-order valence-corrected chi connectivity index (χ0v) is 20.6. The Kier molecular flexibility index (Phi) is 5.90. The first kappa shape index (κ1) is 23.6. The number of rotatable bonds is 6. The number of halogens is 1. The van der Waals surface area contributed by atoms with Crippen molar-refractivity contribution < 1.29 is 18.0 Å². The predicted octanol–water partition coefficient (Wildman–Crippen LogP) is 2.27. The molecule has 2 aliphatic heterocycles. The maximum atomic E-state index is 13.9. The second-order valence-electron chi connectivity index (χ2n) is 10.1. The highest BCUT2D eigenvalue weighted by Gasteiger charge is 2.60. The molecule has 2 unspecified atom stereocenters. The molecule has 0 spiro atoms. The van der Waals surface area contributed by atoms with Gasteiger partial charge in [0, 0.05) is 6.54 Å². The molecule has 2 atom stereocenters. The summed E-state index contributed by atoms with van der Waals surface area (Å²) in [6, 6.07) is 7.47. The van der Waals surface area contributed by atoms with E-state index in [9.17, 15) is 23.3 Å². The van der Waals surface area contributed by atoms with Crippen LogP contribution in [-0.2, 0) is 19.4 Å². The molecule has 4 aliphatic rings. The molecule has 182 valence electrons. The van der Waals surface area contributed by atoms with Gasteiger partial charge >= 0.3 is 0 Å². The SMILES string of the molecule is N#CC1(NC(=O)C2CC(S(=O)(=O)c3ccccc3Cl)CN2C(=O)C2(N3CCCCC3)CC2)CC1. The van der Waals surface area contributed by atoms with Crippen molar-refractivity contribution in [1.82, 2.24) is 15.1 Å². The van der Waals surface area contributed by atoms with Crippen molar-refractivity contribution in [2.24, 2.45) is 0 Å². The van der Waals surface area contributed by atoms with Crippen LogP contribution in [0.4, 0.5) is 0 Å². The van der Waals surface area contributed by atoms with Gasteiger partial charge in [0.25, 0.3) is 0 Å². The lowest BCUT2D eigenvalue weighted by molar-refractivity contribution is -0.144. The van der Waals surface area contributed by atoms with Crippen LogP contribution in [-0.4, -0.2) is 72.0 Å². The lowest BCUT2D eigenvalue weighted by Crippen LogP contribution is -2.57. The van der Waals surface area contributed by atoms with Gasteiger partial charge in [0.2, 0.25) is 11.8 Å². The molecular formula is C24H29ClN4O4S. The lowest BCUT2D eigenvalue weighted by Gasteiger charge is -2.37. The maximum absolute atomic E-state index is 13.9. The minimum absolute atomic E-state index is 0.0112. The van der Waals surface area contributed by atoms with Crippen LogP contribution in [0.15, 0.2) is 29.2 Å². The fraction of sp³-hybridized carbons (Fsp3) is 0.625. The molecule has 0 radical (unpaired) electrons. The van der Waals surface area contributed by atoms with Crippen molar-refractivity contribution in [3.8, 4) is 6.07 Å². The quantitative estimate of drug-likeness (QED) is 0.636. The van der Waals surface area contributed by atoms with E-state index in [1.165, 1.54) is 17.0 Å². The van der Waals surface area contributed by atoms with Gasteiger partial charge < -0.3 is 10.2 Å². The van der Waals surface area contributed by atoms with Gasteiger partial charge in [0.15, 0.2) is 9.84 Å². The molecule has 8 nitrogen and oxygen atoms in total. The third kappa shape index (κ3) is 4.00. The smallest absolute Gasteiger partial charge is 0.244 e. The van der Waals surface area contributed by atoms with Crippen LogP contribution in [0.1, 0.15) is 51.4 Å². The number of piperidine rings is 1. The van der Waals surface area contributed by atoms with Crippen LogP contribution >= 0.6 is 11.6 Å². The van der Waals surface area contributed by atoms with Crippen LogP contribution in [0.3, 0.4) is 0 Å². The summed E-state index contributed by atoms with van der Waals surface area (Å²) in [5, 5.41) is 11.4. The molecule has 0 aromatic heterocycles. The largest absolute Gasteiger partial charge is 0.336 e. The minimum Gasteiger partial charge on any atom is -0.336 e. The van der Waals surface area contributed by atoms with Gasteiger partial charge in [-0.3, -0.25) is 14.5 Å². The summed E-state index contributed by atoms with van der Waals surface area (Å²) in [7, 11) is -3.87. The number of carbonyl (C=O) groups is 2. The number of likely N-dealkylation sites (tertiary alicyclic amines) is 2. The molecule has 2 heterocycles. The van der Waals surface area contributed by atoms with Gasteiger partial charge in [-0.15, -0.1) is 0 Å². The minimum atomic E-state index is -3.87. The van der Waals surface area contributed by atoms with E-state index in [1.54, 1.807) is 12.1 Å². The molecule has 1 aromatic rings. The second-order valence-corrected chi connectivity index (χ2v) is 12.7. The van der Waals surface area contributed by atoms with Crippen LogP contribution in [0.2, 0.25) is 5.02 Å². The number of sulfone groups is 1. The van der Waals surface area contributed by atoms with Crippen molar-refractivity contribution in [2.45, 2.75) is 78.6 Å². The Hall–Kier alpha value is -2.15. The van der Waals surface area contributed by atoms with Gasteiger partial charge in [-0.05, 0) is 70.2 Å². The molecule has 2 amide bonds. The fourth-order valence-electron chi connectivity index (χ4n) is 5.43. The molecule has 1 N–H and O–H groups in total. The van der Waals surface area contributed by atoms with E-state index in [-0.39, 0.29) is 28.8 Å². The first-order valence-corrected chi connectivity index (χ1v) is 13.9. The molecule has 2 saturated heterocycles. The fourth-order valence-corrected chi connectivity index (χ4v) is 7.65. The molecule has 2 saturated carbocycles. The van der Waals surface area contributed by atoms with Crippen molar-refractivity contribution in [2.75, 3.05) is 19.6 Å². The number of nitrogens with zero attached hydrogens (tertiary/aromatic N) is 3. The first-order chi connectivity index (χ1) is 16.2. The topological polar surface area (TPSA) is 111 Å². The number of nitriles is 1. The summed E-state index contributed by atoms with van der Waals surface area (Å²) in [6.07, 6.45) is 5.78. The van der Waals surface area contributed by atoms with E-state index in [2.05, 4.69) is 16.3 Å². The standard InChI is InChI=1S/C24H29ClN4O4S/c25-18-6-2-3-7-20(18)34(32,33)17-14-19(21(30)27-23(16-26)8-9-23)29(15-17)22(31)24(10-11-24)28-12-4-1-5-13-28/h2-3,6-7,17,19H,1,4-5,8-15H2,(H,27,30). The zero-order valence-electron chi connectivity index (χ0n) is 19.0. The molecule has 0 bridgehead atoms. The Morgan fingerprint density at radius 1 is 1.09 bits per heavy atom. The highest BCUT2D eigenvalue weighted by molar-refractivity contribution is 7.92. The van der Waals surface area contributed by atoms with Gasteiger partial charge in [0.1, 0.15) is 17.1 Å². The third-order valence-corrected chi connectivity index (χ3v) is 10.4. The number of carbonyl (C=O) groups excluding carboxylic acids is 2. The summed E-state index contributed by atoms with van der Waals surface area (Å²) in [5.41, 5.74) is -1.52. The molecule has 4 fully saturated rings. The van der Waals surface area contributed by atoms with E-state index < -0.39 is 38.1 Å². The van der Waals surface area contributed by atoms with Crippen LogP contribution < -0.4 is 5.32 Å². The monoisotopic (exact) mass is 504 g/mol. The Balaban J connectivity index is 1.44. The van der Waals surface area contributed by atoms with Gasteiger partial charge in [0.05, 0.1) is 21.2 Å². The average Bonchev–Trinajstić information content (AvgIpc) is 3.76. The van der Waals surface area contributed by atoms with Crippen molar-refractivity contribution in [3.63, 3.8) is 0 Å². The van der Waals surface area contributed by atoms with E-state index >= 15 is 0 Å². The van der Waals surface area contributed by atoms with Gasteiger partial charge in [-0.1, -0.05) is 30.2 Å². The number of hydrogen-bond donors (Lipinski definition) is 1. The summed E-state index contributed by atoms with van der Waals surface area (Å²) in [5.74, 6) is -0.605. The summed E-state index contributed by atoms with van der Waals surface area (Å²) < 4.78 is 27.0. The first-order valence-electron chi connectivity index (χ1n) is 12.0. The van der Waals surface area contributed by atoms with Crippen LogP contribution in [0.25, 0.3) is 0 Å². The molecular weight excluding hydrogens is 476 g/mol. The maximum Gasteiger partial charge on any atom is 0.244 e. The normalized spacial score (nSPS) is 27.6. The number of benzene rings is 1. The Bertz CT molecular complexity index is 1150.